The fourth-order valence-corrected chi connectivity index (χ4v) is 5.51. The van der Waals surface area contributed by atoms with E-state index in [-0.39, 0.29) is 5.91 Å². The Hall–Kier alpha value is -3.46. The summed E-state index contributed by atoms with van der Waals surface area (Å²) in [6.45, 7) is 4.84. The molecule has 4 aromatic rings. The summed E-state index contributed by atoms with van der Waals surface area (Å²) in [5, 5.41) is 8.83. The highest BCUT2D eigenvalue weighted by atomic mass is 32.1. The molecule has 2 fully saturated rings. The smallest absolute Gasteiger partial charge is 0.265 e. The number of aryl methyl sites for hydroxylation is 1. The van der Waals surface area contributed by atoms with Gasteiger partial charge in [0.25, 0.3) is 5.91 Å². The SMILES string of the molecule is COc1ccc(-c2cn3c(C)c(C(=O)N4CCN(c5ccc(C6CC6)nn5)CC4)sc3n2)cc1. The number of hydrogen-bond donors (Lipinski definition) is 0. The molecular weight excluding hydrogens is 448 g/mol. The topological polar surface area (TPSA) is 75.9 Å². The minimum Gasteiger partial charge on any atom is -0.497 e. The number of piperazine rings is 1. The van der Waals surface area contributed by atoms with Gasteiger partial charge in [0.1, 0.15) is 10.6 Å². The maximum atomic E-state index is 13.3. The summed E-state index contributed by atoms with van der Waals surface area (Å²) in [5.74, 6) is 2.40. The first-order valence-corrected chi connectivity index (χ1v) is 12.4. The summed E-state index contributed by atoms with van der Waals surface area (Å²) in [5.41, 5.74) is 3.94. The molecule has 1 saturated heterocycles. The average Bonchev–Trinajstić information content (AvgIpc) is 3.58. The van der Waals surface area contributed by atoms with Gasteiger partial charge in [-0.15, -0.1) is 5.10 Å². The number of anilines is 1. The van der Waals surface area contributed by atoms with Gasteiger partial charge in [-0.05, 0) is 56.2 Å². The zero-order chi connectivity index (χ0) is 23.2. The number of nitrogens with zero attached hydrogens (tertiary/aromatic N) is 6. The lowest BCUT2D eigenvalue weighted by atomic mass is 10.2. The second kappa shape index (κ2) is 8.39. The van der Waals surface area contributed by atoms with E-state index in [1.165, 1.54) is 24.2 Å². The Morgan fingerprint density at radius 2 is 1.79 bits per heavy atom. The quantitative estimate of drug-likeness (QED) is 0.435. The first kappa shape index (κ1) is 21.1. The molecule has 174 valence electrons. The summed E-state index contributed by atoms with van der Waals surface area (Å²) in [4.78, 5) is 23.8. The number of fused-ring (bicyclic) bond motifs is 1. The molecule has 9 heteroatoms. The summed E-state index contributed by atoms with van der Waals surface area (Å²) in [6, 6.07) is 12.0. The van der Waals surface area contributed by atoms with Gasteiger partial charge in [-0.25, -0.2) is 4.98 Å². The van der Waals surface area contributed by atoms with E-state index in [1.54, 1.807) is 7.11 Å². The van der Waals surface area contributed by atoms with Crippen LogP contribution in [-0.4, -0.2) is 63.7 Å². The van der Waals surface area contributed by atoms with Crippen LogP contribution in [-0.2, 0) is 0 Å². The number of imidazole rings is 1. The van der Waals surface area contributed by atoms with Crippen LogP contribution in [0.5, 0.6) is 5.75 Å². The van der Waals surface area contributed by atoms with Crippen molar-refractivity contribution in [2.75, 3.05) is 38.2 Å². The van der Waals surface area contributed by atoms with Gasteiger partial charge in [-0.2, -0.15) is 5.10 Å². The highest BCUT2D eigenvalue weighted by Crippen LogP contribution is 2.38. The van der Waals surface area contributed by atoms with Crippen LogP contribution >= 0.6 is 11.3 Å². The Kier molecular flexibility index (Phi) is 5.21. The standard InChI is InChI=1S/C25H26N6O2S/c1-16-23(34-25-26-21(15-31(16)25)18-5-7-19(33-2)8-6-18)24(32)30-13-11-29(12-14-30)22-10-9-20(27-28-22)17-3-4-17/h5-10,15,17H,3-4,11-14H2,1-2H3. The largest absolute Gasteiger partial charge is 0.497 e. The fourth-order valence-electron chi connectivity index (χ4n) is 4.43. The molecule has 0 unspecified atom stereocenters. The van der Waals surface area contributed by atoms with Crippen LogP contribution in [0.25, 0.3) is 16.2 Å². The lowest BCUT2D eigenvalue weighted by Gasteiger charge is -2.35. The van der Waals surface area contributed by atoms with Crippen LogP contribution in [0.1, 0.15) is 39.8 Å². The molecule has 34 heavy (non-hydrogen) atoms. The van der Waals surface area contributed by atoms with E-state index in [9.17, 15) is 4.79 Å². The number of carbonyl (C=O) groups excluding carboxylic acids is 1. The highest BCUT2D eigenvalue weighted by molar-refractivity contribution is 7.19. The molecule has 0 spiro atoms. The molecule has 4 heterocycles. The van der Waals surface area contributed by atoms with Crippen molar-refractivity contribution in [3.8, 4) is 17.0 Å². The minimum absolute atomic E-state index is 0.0776. The van der Waals surface area contributed by atoms with Crippen LogP contribution in [0.3, 0.4) is 0 Å². The summed E-state index contributed by atoms with van der Waals surface area (Å²) in [6.07, 6.45) is 4.46. The predicted molar refractivity (Wildman–Crippen MR) is 132 cm³/mol. The van der Waals surface area contributed by atoms with Crippen LogP contribution in [0.15, 0.2) is 42.6 Å². The molecule has 1 aromatic carbocycles. The molecular formula is C25H26N6O2S. The molecule has 0 N–H and O–H groups in total. The minimum atomic E-state index is 0.0776. The van der Waals surface area contributed by atoms with Crippen molar-refractivity contribution in [1.29, 1.82) is 0 Å². The molecule has 1 aliphatic carbocycles. The molecule has 1 saturated carbocycles. The van der Waals surface area contributed by atoms with Gasteiger partial charge in [0.2, 0.25) is 0 Å². The number of hydrogen-bond acceptors (Lipinski definition) is 7. The van der Waals surface area contributed by atoms with E-state index >= 15 is 0 Å². The number of carbonyl (C=O) groups is 1. The van der Waals surface area contributed by atoms with Crippen molar-refractivity contribution in [3.05, 3.63) is 58.9 Å². The second-order valence-electron chi connectivity index (χ2n) is 8.89. The first-order chi connectivity index (χ1) is 16.6. The van der Waals surface area contributed by atoms with Crippen molar-refractivity contribution < 1.29 is 9.53 Å². The zero-order valence-electron chi connectivity index (χ0n) is 19.3. The Morgan fingerprint density at radius 1 is 1.03 bits per heavy atom. The number of benzene rings is 1. The number of amides is 1. The van der Waals surface area contributed by atoms with Crippen LogP contribution in [0.4, 0.5) is 5.82 Å². The van der Waals surface area contributed by atoms with E-state index in [2.05, 4.69) is 27.2 Å². The van der Waals surface area contributed by atoms with Gasteiger partial charge in [-0.3, -0.25) is 9.20 Å². The van der Waals surface area contributed by atoms with Crippen molar-refractivity contribution in [2.45, 2.75) is 25.7 Å². The third kappa shape index (κ3) is 3.79. The predicted octanol–water partition coefficient (Wildman–Crippen LogP) is 4.01. The van der Waals surface area contributed by atoms with Crippen LogP contribution in [0, 0.1) is 6.92 Å². The van der Waals surface area contributed by atoms with Gasteiger partial charge in [0, 0.05) is 49.6 Å². The summed E-state index contributed by atoms with van der Waals surface area (Å²) in [7, 11) is 1.66. The molecule has 2 aliphatic rings. The first-order valence-electron chi connectivity index (χ1n) is 11.6. The number of rotatable bonds is 5. The van der Waals surface area contributed by atoms with Crippen molar-refractivity contribution >= 4 is 28.0 Å². The average molecular weight is 475 g/mol. The second-order valence-corrected chi connectivity index (χ2v) is 9.87. The normalized spacial score (nSPS) is 16.3. The van der Waals surface area contributed by atoms with E-state index in [0.717, 1.165) is 57.1 Å². The van der Waals surface area contributed by atoms with Gasteiger partial charge >= 0.3 is 0 Å². The summed E-state index contributed by atoms with van der Waals surface area (Å²) < 4.78 is 7.26. The molecule has 0 atom stereocenters. The monoisotopic (exact) mass is 474 g/mol. The molecule has 1 aliphatic heterocycles. The molecule has 0 radical (unpaired) electrons. The molecule has 3 aromatic heterocycles. The third-order valence-corrected chi connectivity index (χ3v) is 7.84. The third-order valence-electron chi connectivity index (χ3n) is 6.69. The van der Waals surface area contributed by atoms with E-state index in [1.807, 2.05) is 46.7 Å². The summed E-state index contributed by atoms with van der Waals surface area (Å²) >= 11 is 1.46. The Morgan fingerprint density at radius 3 is 2.41 bits per heavy atom. The highest BCUT2D eigenvalue weighted by Gasteiger charge is 2.28. The lowest BCUT2D eigenvalue weighted by molar-refractivity contribution is 0.0750. The number of ether oxygens (including phenoxy) is 1. The Bertz CT molecular complexity index is 1330. The van der Waals surface area contributed by atoms with Crippen molar-refractivity contribution in [1.82, 2.24) is 24.5 Å². The number of thiazole rings is 1. The maximum absolute atomic E-state index is 13.3. The maximum Gasteiger partial charge on any atom is 0.265 e. The number of aromatic nitrogens is 4. The number of methoxy groups -OCH3 is 1. The van der Waals surface area contributed by atoms with Crippen molar-refractivity contribution in [2.24, 2.45) is 0 Å². The molecule has 1 amide bonds. The molecule has 6 rings (SSSR count). The van der Waals surface area contributed by atoms with Crippen LogP contribution < -0.4 is 9.64 Å². The van der Waals surface area contributed by atoms with E-state index in [4.69, 9.17) is 9.72 Å². The van der Waals surface area contributed by atoms with Gasteiger partial charge in [0.15, 0.2) is 10.8 Å². The molecule has 8 nitrogen and oxygen atoms in total. The van der Waals surface area contributed by atoms with Crippen molar-refractivity contribution in [3.63, 3.8) is 0 Å². The van der Waals surface area contributed by atoms with Crippen LogP contribution in [0.2, 0.25) is 0 Å². The van der Waals surface area contributed by atoms with Gasteiger partial charge in [-0.1, -0.05) is 11.3 Å². The Balaban J connectivity index is 1.14. The Labute approximate surface area is 201 Å². The van der Waals surface area contributed by atoms with E-state index in [0.29, 0.717) is 19.0 Å². The van der Waals surface area contributed by atoms with Gasteiger partial charge < -0.3 is 14.5 Å². The zero-order valence-corrected chi connectivity index (χ0v) is 20.1. The lowest BCUT2D eigenvalue weighted by Crippen LogP contribution is -2.49. The fraction of sp³-hybridized carbons (Fsp3) is 0.360. The van der Waals surface area contributed by atoms with E-state index < -0.39 is 0 Å². The molecule has 0 bridgehead atoms. The van der Waals surface area contributed by atoms with Gasteiger partial charge in [0.05, 0.1) is 18.5 Å².